The van der Waals surface area contributed by atoms with Gasteiger partial charge in [-0.25, -0.2) is 8.42 Å². The first-order valence-corrected chi connectivity index (χ1v) is 12.0. The number of aromatic nitrogens is 2. The van der Waals surface area contributed by atoms with E-state index in [0.717, 1.165) is 11.1 Å². The average Bonchev–Trinajstić information content (AvgIpc) is 3.27. The highest BCUT2D eigenvalue weighted by Crippen LogP contribution is 2.25. The van der Waals surface area contributed by atoms with Gasteiger partial charge in [-0.05, 0) is 37.5 Å². The van der Waals surface area contributed by atoms with Crippen LogP contribution in [-0.4, -0.2) is 53.8 Å². The van der Waals surface area contributed by atoms with E-state index in [1.807, 2.05) is 31.2 Å². The number of sulfonamides is 1. The number of rotatable bonds is 6. The first-order valence-electron chi connectivity index (χ1n) is 10.5. The van der Waals surface area contributed by atoms with Crippen LogP contribution in [0.3, 0.4) is 0 Å². The van der Waals surface area contributed by atoms with E-state index in [4.69, 9.17) is 4.52 Å². The monoisotopic (exact) mass is 454 g/mol. The van der Waals surface area contributed by atoms with Crippen molar-refractivity contribution in [3.05, 3.63) is 66.1 Å². The zero-order valence-electron chi connectivity index (χ0n) is 18.1. The van der Waals surface area contributed by atoms with Crippen molar-refractivity contribution in [2.45, 2.75) is 31.2 Å². The lowest BCUT2D eigenvalue weighted by Gasteiger charge is -2.33. The van der Waals surface area contributed by atoms with Gasteiger partial charge in [0.1, 0.15) is 0 Å². The molecule has 1 atom stereocenters. The van der Waals surface area contributed by atoms with Crippen molar-refractivity contribution in [1.82, 2.24) is 19.3 Å². The molecule has 1 amide bonds. The second-order valence-electron chi connectivity index (χ2n) is 8.04. The predicted molar refractivity (Wildman–Crippen MR) is 119 cm³/mol. The molecule has 0 spiro atoms. The molecule has 0 saturated carbocycles. The Morgan fingerprint density at radius 2 is 1.88 bits per heavy atom. The third-order valence-electron chi connectivity index (χ3n) is 5.72. The number of hydrogen-bond donors (Lipinski definition) is 0. The fourth-order valence-corrected chi connectivity index (χ4v) is 5.49. The first-order chi connectivity index (χ1) is 15.4. The quantitative estimate of drug-likeness (QED) is 0.568. The molecule has 1 aromatic heterocycles. The van der Waals surface area contributed by atoms with Crippen LogP contribution in [0.15, 0.2) is 64.0 Å². The Morgan fingerprint density at radius 1 is 1.16 bits per heavy atom. The fourth-order valence-electron chi connectivity index (χ4n) is 3.95. The fraction of sp³-hybridized carbons (Fsp3) is 0.348. The van der Waals surface area contributed by atoms with Crippen molar-refractivity contribution < 1.29 is 17.7 Å². The summed E-state index contributed by atoms with van der Waals surface area (Å²) >= 11 is 0. The Morgan fingerprint density at radius 3 is 2.62 bits per heavy atom. The molecule has 2 aromatic carbocycles. The van der Waals surface area contributed by atoms with Crippen molar-refractivity contribution in [2.75, 3.05) is 20.1 Å². The minimum atomic E-state index is -3.62. The molecule has 32 heavy (non-hydrogen) atoms. The molecule has 0 radical (unpaired) electrons. The van der Waals surface area contributed by atoms with Crippen LogP contribution < -0.4 is 0 Å². The molecular formula is C23H26N4O4S. The van der Waals surface area contributed by atoms with Gasteiger partial charge in [0.15, 0.2) is 0 Å². The summed E-state index contributed by atoms with van der Waals surface area (Å²) in [5, 5.41) is 4.04. The summed E-state index contributed by atoms with van der Waals surface area (Å²) in [5.74, 6) is 0.278. The van der Waals surface area contributed by atoms with Gasteiger partial charge in [-0.3, -0.25) is 4.79 Å². The van der Waals surface area contributed by atoms with Gasteiger partial charge in [0.25, 0.3) is 0 Å². The van der Waals surface area contributed by atoms with E-state index in [0.29, 0.717) is 31.1 Å². The van der Waals surface area contributed by atoms with Gasteiger partial charge in [0, 0.05) is 25.7 Å². The second kappa shape index (κ2) is 9.22. The SMILES string of the molecule is Cc1ccccc1-c1noc(CN(C)C(=O)[C@@H]2CCCN(S(=O)(=O)c3ccccc3)C2)n1. The number of hydrogen-bond acceptors (Lipinski definition) is 6. The highest BCUT2D eigenvalue weighted by atomic mass is 32.2. The summed E-state index contributed by atoms with van der Waals surface area (Å²) in [4.78, 5) is 19.3. The number of piperidine rings is 1. The van der Waals surface area contributed by atoms with E-state index >= 15 is 0 Å². The standard InChI is InChI=1S/C23H26N4O4S/c1-17-9-6-7-13-20(17)22-24-21(31-25-22)16-26(2)23(28)18-10-8-14-27(15-18)32(29,30)19-11-4-3-5-12-19/h3-7,9,11-13,18H,8,10,14-16H2,1-2H3/t18-/m1/s1. The molecule has 0 N–H and O–H groups in total. The summed E-state index contributed by atoms with van der Waals surface area (Å²) < 4.78 is 32.7. The summed E-state index contributed by atoms with van der Waals surface area (Å²) in [6.45, 7) is 2.71. The largest absolute Gasteiger partial charge is 0.337 e. The van der Waals surface area contributed by atoms with Crippen molar-refractivity contribution in [2.24, 2.45) is 5.92 Å². The zero-order valence-corrected chi connectivity index (χ0v) is 19.0. The van der Waals surface area contributed by atoms with Crippen LogP contribution in [0.4, 0.5) is 0 Å². The summed E-state index contributed by atoms with van der Waals surface area (Å²) in [6.07, 6.45) is 1.27. The molecule has 1 saturated heterocycles. The Bertz CT molecular complexity index is 1190. The number of nitrogens with zero attached hydrogens (tertiary/aromatic N) is 4. The number of carbonyl (C=O) groups is 1. The number of amides is 1. The normalized spacial score (nSPS) is 17.2. The van der Waals surface area contributed by atoms with Crippen LogP contribution in [0, 0.1) is 12.8 Å². The molecule has 1 fully saturated rings. The molecule has 2 heterocycles. The third-order valence-corrected chi connectivity index (χ3v) is 7.60. The van der Waals surface area contributed by atoms with Gasteiger partial charge in [0.05, 0.1) is 17.4 Å². The van der Waals surface area contributed by atoms with Gasteiger partial charge >= 0.3 is 0 Å². The smallest absolute Gasteiger partial charge is 0.246 e. The lowest BCUT2D eigenvalue weighted by Crippen LogP contribution is -2.45. The highest BCUT2D eigenvalue weighted by Gasteiger charge is 2.34. The maximum Gasteiger partial charge on any atom is 0.246 e. The van der Waals surface area contributed by atoms with Crippen LogP contribution in [0.5, 0.6) is 0 Å². The molecule has 3 aromatic rings. The topological polar surface area (TPSA) is 96.6 Å². The lowest BCUT2D eigenvalue weighted by atomic mass is 9.98. The summed E-state index contributed by atoms with van der Waals surface area (Å²) in [7, 11) is -1.95. The van der Waals surface area contributed by atoms with E-state index in [1.54, 1.807) is 37.4 Å². The molecule has 1 aliphatic rings. The predicted octanol–water partition coefficient (Wildman–Crippen LogP) is 3.10. The van der Waals surface area contributed by atoms with Crippen molar-refractivity contribution in [3.63, 3.8) is 0 Å². The Hall–Kier alpha value is -3.04. The van der Waals surface area contributed by atoms with Crippen LogP contribution in [0.25, 0.3) is 11.4 Å². The Kier molecular flexibility index (Phi) is 6.38. The zero-order chi connectivity index (χ0) is 22.7. The maximum atomic E-state index is 13.1. The maximum absolute atomic E-state index is 13.1. The van der Waals surface area contributed by atoms with Crippen LogP contribution >= 0.6 is 0 Å². The second-order valence-corrected chi connectivity index (χ2v) is 9.97. The van der Waals surface area contributed by atoms with Gasteiger partial charge in [-0.2, -0.15) is 9.29 Å². The molecule has 0 bridgehead atoms. The van der Waals surface area contributed by atoms with E-state index < -0.39 is 15.9 Å². The van der Waals surface area contributed by atoms with Crippen molar-refractivity contribution >= 4 is 15.9 Å². The highest BCUT2D eigenvalue weighted by molar-refractivity contribution is 7.89. The van der Waals surface area contributed by atoms with Crippen molar-refractivity contribution in [3.8, 4) is 11.4 Å². The minimum absolute atomic E-state index is 0.131. The van der Waals surface area contributed by atoms with Crippen molar-refractivity contribution in [1.29, 1.82) is 0 Å². The molecule has 0 aliphatic carbocycles. The molecule has 4 rings (SSSR count). The molecule has 1 aliphatic heterocycles. The molecule has 9 heteroatoms. The number of carbonyl (C=O) groups excluding carboxylic acids is 1. The molecule has 168 valence electrons. The third kappa shape index (κ3) is 4.58. The Balaban J connectivity index is 1.42. The van der Waals surface area contributed by atoms with Gasteiger partial charge in [-0.1, -0.05) is 47.6 Å². The van der Waals surface area contributed by atoms with Gasteiger partial charge < -0.3 is 9.42 Å². The molecule has 8 nitrogen and oxygen atoms in total. The summed E-state index contributed by atoms with van der Waals surface area (Å²) in [6, 6.07) is 16.1. The molecule has 0 unspecified atom stereocenters. The lowest BCUT2D eigenvalue weighted by molar-refractivity contribution is -0.136. The van der Waals surface area contributed by atoms with E-state index in [1.165, 1.54) is 9.21 Å². The first kappa shape index (κ1) is 22.2. The molecular weight excluding hydrogens is 428 g/mol. The Labute approximate surface area is 187 Å². The van der Waals surface area contributed by atoms with Crippen LogP contribution in [-0.2, 0) is 21.4 Å². The number of benzene rings is 2. The van der Waals surface area contributed by atoms with E-state index in [-0.39, 0.29) is 23.9 Å². The minimum Gasteiger partial charge on any atom is -0.337 e. The van der Waals surface area contributed by atoms with Gasteiger partial charge in [0.2, 0.25) is 27.6 Å². The summed E-state index contributed by atoms with van der Waals surface area (Å²) in [5.41, 5.74) is 1.91. The number of aryl methyl sites for hydroxylation is 1. The van der Waals surface area contributed by atoms with Crippen LogP contribution in [0.1, 0.15) is 24.3 Å². The van der Waals surface area contributed by atoms with Gasteiger partial charge in [-0.15, -0.1) is 0 Å². The van der Waals surface area contributed by atoms with E-state index in [2.05, 4.69) is 10.1 Å². The average molecular weight is 455 g/mol. The van der Waals surface area contributed by atoms with Crippen LogP contribution in [0.2, 0.25) is 0 Å². The van der Waals surface area contributed by atoms with E-state index in [9.17, 15) is 13.2 Å².